The molecule has 1 fully saturated rings. The Morgan fingerprint density at radius 3 is 2.57 bits per heavy atom. The third-order valence-electron chi connectivity index (χ3n) is 4.83. The van der Waals surface area contributed by atoms with E-state index in [0.29, 0.717) is 5.78 Å². The summed E-state index contributed by atoms with van der Waals surface area (Å²) < 4.78 is 1.07. The molecule has 0 saturated carbocycles. The summed E-state index contributed by atoms with van der Waals surface area (Å²) in [7, 11) is 0. The van der Waals surface area contributed by atoms with Gasteiger partial charge in [-0.1, -0.05) is 34.1 Å². The normalized spacial score (nSPS) is 19.9. The fourth-order valence-electron chi connectivity index (χ4n) is 3.41. The molecule has 2 aromatic rings. The minimum atomic E-state index is 0.121. The van der Waals surface area contributed by atoms with Crippen LogP contribution in [0.25, 0.3) is 10.8 Å². The van der Waals surface area contributed by atoms with Gasteiger partial charge in [-0.25, -0.2) is 0 Å². The van der Waals surface area contributed by atoms with Crippen molar-refractivity contribution in [3.63, 3.8) is 0 Å². The summed E-state index contributed by atoms with van der Waals surface area (Å²) in [6.45, 7) is 8.66. The van der Waals surface area contributed by atoms with E-state index < -0.39 is 0 Å². The number of carbonyl (C=O) groups is 1. The van der Waals surface area contributed by atoms with E-state index in [9.17, 15) is 4.79 Å². The van der Waals surface area contributed by atoms with E-state index in [0.717, 1.165) is 46.7 Å². The topological polar surface area (TPSA) is 20.3 Å². The molecule has 0 aliphatic carbocycles. The number of Topliss-reactive ketones (excluding diaryl/α,β-unsaturated/α-hetero) is 1. The number of carbonyl (C=O) groups excluding carboxylic acids is 1. The number of rotatable bonds is 2. The summed E-state index contributed by atoms with van der Waals surface area (Å²) >= 11 is 3.50. The van der Waals surface area contributed by atoms with Gasteiger partial charge in [0, 0.05) is 28.0 Å². The number of halogens is 1. The van der Waals surface area contributed by atoms with E-state index in [1.807, 2.05) is 18.2 Å². The van der Waals surface area contributed by atoms with E-state index in [4.69, 9.17) is 0 Å². The number of hydrogen-bond acceptors (Lipinski definition) is 2. The first-order valence-corrected chi connectivity index (χ1v) is 9.12. The SMILES string of the molecule is CC(C)(C)N1CCCC(C(=O)c2ccc3cc(Br)ccc3c2)C1. The Hall–Kier alpha value is -1.19. The lowest BCUT2D eigenvalue weighted by Gasteiger charge is -2.41. The Balaban J connectivity index is 1.83. The molecule has 0 N–H and O–H groups in total. The van der Waals surface area contributed by atoms with Crippen molar-refractivity contribution in [3.8, 4) is 0 Å². The maximum Gasteiger partial charge on any atom is 0.167 e. The van der Waals surface area contributed by atoms with Crippen LogP contribution in [0.15, 0.2) is 40.9 Å². The zero-order valence-electron chi connectivity index (χ0n) is 14.1. The number of ketones is 1. The molecular formula is C20H24BrNO. The van der Waals surface area contributed by atoms with Crippen LogP contribution in [0.5, 0.6) is 0 Å². The van der Waals surface area contributed by atoms with Crippen molar-refractivity contribution in [1.82, 2.24) is 4.90 Å². The minimum absolute atomic E-state index is 0.121. The average molecular weight is 374 g/mol. The van der Waals surface area contributed by atoms with Crippen LogP contribution in [0.3, 0.4) is 0 Å². The highest BCUT2D eigenvalue weighted by Crippen LogP contribution is 2.28. The Kier molecular flexibility index (Phi) is 4.61. The predicted molar refractivity (Wildman–Crippen MR) is 100 cm³/mol. The van der Waals surface area contributed by atoms with Crippen molar-refractivity contribution < 1.29 is 4.79 Å². The van der Waals surface area contributed by atoms with Crippen LogP contribution in [-0.2, 0) is 0 Å². The second kappa shape index (κ2) is 6.37. The van der Waals surface area contributed by atoms with Gasteiger partial charge in [-0.2, -0.15) is 0 Å². The molecule has 1 unspecified atom stereocenters. The number of likely N-dealkylation sites (tertiary alicyclic amines) is 1. The molecule has 0 radical (unpaired) electrons. The molecule has 3 heteroatoms. The quantitative estimate of drug-likeness (QED) is 0.666. The van der Waals surface area contributed by atoms with E-state index in [1.165, 1.54) is 0 Å². The van der Waals surface area contributed by atoms with Crippen LogP contribution >= 0.6 is 15.9 Å². The molecule has 1 aliphatic heterocycles. The standard InChI is InChI=1S/C20H24BrNO/c1-20(2,3)22-10-4-5-17(13-22)19(23)16-7-6-15-12-18(21)9-8-14(15)11-16/h6-9,11-12,17H,4-5,10,13H2,1-3H3. The largest absolute Gasteiger partial charge is 0.298 e. The van der Waals surface area contributed by atoms with Crippen molar-refractivity contribution >= 4 is 32.5 Å². The highest BCUT2D eigenvalue weighted by Gasteiger charge is 2.31. The smallest absolute Gasteiger partial charge is 0.167 e. The van der Waals surface area contributed by atoms with Gasteiger partial charge < -0.3 is 0 Å². The summed E-state index contributed by atoms with van der Waals surface area (Å²) in [6.07, 6.45) is 2.11. The van der Waals surface area contributed by atoms with Crippen LogP contribution in [0.2, 0.25) is 0 Å². The van der Waals surface area contributed by atoms with Gasteiger partial charge in [-0.15, -0.1) is 0 Å². The molecule has 1 heterocycles. The molecule has 122 valence electrons. The Bertz CT molecular complexity index is 732. The van der Waals surface area contributed by atoms with E-state index >= 15 is 0 Å². The molecule has 2 nitrogen and oxygen atoms in total. The Labute approximate surface area is 147 Å². The van der Waals surface area contributed by atoms with Gasteiger partial charge >= 0.3 is 0 Å². The average Bonchev–Trinajstić information content (AvgIpc) is 2.53. The first-order chi connectivity index (χ1) is 10.8. The molecule has 23 heavy (non-hydrogen) atoms. The zero-order chi connectivity index (χ0) is 16.6. The number of hydrogen-bond donors (Lipinski definition) is 0. The Morgan fingerprint density at radius 1 is 1.13 bits per heavy atom. The summed E-state index contributed by atoms with van der Waals surface area (Å²) in [6, 6.07) is 12.3. The van der Waals surface area contributed by atoms with Crippen molar-refractivity contribution in [3.05, 3.63) is 46.4 Å². The molecule has 0 spiro atoms. The third kappa shape index (κ3) is 3.67. The lowest BCUT2D eigenvalue weighted by molar-refractivity contribution is 0.0617. The van der Waals surface area contributed by atoms with Gasteiger partial charge in [-0.05, 0) is 69.1 Å². The maximum absolute atomic E-state index is 12.9. The molecule has 1 saturated heterocycles. The molecule has 2 aromatic carbocycles. The fourth-order valence-corrected chi connectivity index (χ4v) is 3.78. The van der Waals surface area contributed by atoms with Crippen LogP contribution in [0, 0.1) is 5.92 Å². The third-order valence-corrected chi connectivity index (χ3v) is 5.32. The molecule has 0 amide bonds. The molecule has 1 aliphatic rings. The fraction of sp³-hybridized carbons (Fsp3) is 0.450. The number of piperidine rings is 1. The second-order valence-corrected chi connectivity index (χ2v) is 8.44. The Morgan fingerprint density at radius 2 is 1.83 bits per heavy atom. The predicted octanol–water partition coefficient (Wildman–Crippen LogP) is 5.30. The van der Waals surface area contributed by atoms with Crippen molar-refractivity contribution in [2.75, 3.05) is 13.1 Å². The second-order valence-electron chi connectivity index (χ2n) is 7.53. The lowest BCUT2D eigenvalue weighted by Crippen LogP contribution is -2.48. The van der Waals surface area contributed by atoms with Crippen LogP contribution in [0.4, 0.5) is 0 Å². The van der Waals surface area contributed by atoms with Crippen molar-refractivity contribution in [1.29, 1.82) is 0 Å². The van der Waals surface area contributed by atoms with Crippen molar-refractivity contribution in [2.45, 2.75) is 39.2 Å². The van der Waals surface area contributed by atoms with E-state index in [2.05, 4.69) is 59.8 Å². The van der Waals surface area contributed by atoms with Crippen LogP contribution in [-0.4, -0.2) is 29.3 Å². The molecular weight excluding hydrogens is 350 g/mol. The maximum atomic E-state index is 12.9. The van der Waals surface area contributed by atoms with Crippen LogP contribution < -0.4 is 0 Å². The highest BCUT2D eigenvalue weighted by molar-refractivity contribution is 9.10. The number of nitrogens with zero attached hydrogens (tertiary/aromatic N) is 1. The van der Waals surface area contributed by atoms with Gasteiger partial charge in [-0.3, -0.25) is 9.69 Å². The highest BCUT2D eigenvalue weighted by atomic mass is 79.9. The summed E-state index contributed by atoms with van der Waals surface area (Å²) in [5.41, 5.74) is 0.981. The first kappa shape index (κ1) is 16.7. The minimum Gasteiger partial charge on any atom is -0.298 e. The van der Waals surface area contributed by atoms with E-state index in [-0.39, 0.29) is 11.5 Å². The molecule has 0 bridgehead atoms. The van der Waals surface area contributed by atoms with Gasteiger partial charge in [0.25, 0.3) is 0 Å². The summed E-state index contributed by atoms with van der Waals surface area (Å²) in [5.74, 6) is 0.416. The van der Waals surface area contributed by atoms with Gasteiger partial charge in [0.05, 0.1) is 0 Å². The zero-order valence-corrected chi connectivity index (χ0v) is 15.7. The van der Waals surface area contributed by atoms with Crippen LogP contribution in [0.1, 0.15) is 44.0 Å². The van der Waals surface area contributed by atoms with E-state index in [1.54, 1.807) is 0 Å². The van der Waals surface area contributed by atoms with Crippen molar-refractivity contribution in [2.24, 2.45) is 5.92 Å². The molecule has 3 rings (SSSR count). The van der Waals surface area contributed by atoms with Gasteiger partial charge in [0.15, 0.2) is 5.78 Å². The number of fused-ring (bicyclic) bond motifs is 1. The summed E-state index contributed by atoms with van der Waals surface area (Å²) in [4.78, 5) is 15.4. The molecule has 1 atom stereocenters. The molecule has 0 aromatic heterocycles. The lowest BCUT2D eigenvalue weighted by atomic mass is 9.87. The van der Waals surface area contributed by atoms with Gasteiger partial charge in [0.2, 0.25) is 0 Å². The first-order valence-electron chi connectivity index (χ1n) is 8.33. The van der Waals surface area contributed by atoms with Gasteiger partial charge in [0.1, 0.15) is 0 Å². The summed E-state index contributed by atoms with van der Waals surface area (Å²) in [5, 5.41) is 2.29. The number of benzene rings is 2. The monoisotopic (exact) mass is 373 g/mol.